The molecule has 2 rings (SSSR count). The first-order valence-corrected chi connectivity index (χ1v) is 7.65. The number of urea groups is 1. The van der Waals surface area contributed by atoms with Crippen LogP contribution >= 0.6 is 0 Å². The van der Waals surface area contributed by atoms with E-state index in [1.165, 1.54) is 24.4 Å². The van der Waals surface area contributed by atoms with Gasteiger partial charge in [0.2, 0.25) is 5.88 Å². The lowest BCUT2D eigenvalue weighted by atomic mass is 10.1. The Morgan fingerprint density at radius 3 is 2.76 bits per heavy atom. The predicted molar refractivity (Wildman–Crippen MR) is 90.0 cm³/mol. The number of hydrogen-bond acceptors (Lipinski definition) is 5. The fourth-order valence-corrected chi connectivity index (χ4v) is 1.99. The summed E-state index contributed by atoms with van der Waals surface area (Å²) in [5.74, 6) is -0.108. The molecule has 0 spiro atoms. The zero-order valence-corrected chi connectivity index (χ0v) is 13.7. The van der Waals surface area contributed by atoms with Crippen LogP contribution < -0.4 is 15.4 Å². The number of ether oxygens (including phenoxy) is 2. The number of pyridine rings is 1. The Balaban J connectivity index is 1.79. The molecular formula is C17H20FN3O4. The van der Waals surface area contributed by atoms with Gasteiger partial charge in [0.15, 0.2) is 0 Å². The first-order chi connectivity index (χ1) is 12.1. The molecule has 0 fully saturated rings. The van der Waals surface area contributed by atoms with Crippen LogP contribution in [0.25, 0.3) is 0 Å². The van der Waals surface area contributed by atoms with Gasteiger partial charge < -0.3 is 25.2 Å². The summed E-state index contributed by atoms with van der Waals surface area (Å²) in [6.07, 6.45) is 0.302. The van der Waals surface area contributed by atoms with E-state index < -0.39 is 18.0 Å². The maximum atomic E-state index is 13.5. The third-order valence-electron chi connectivity index (χ3n) is 3.25. The molecule has 1 unspecified atom stereocenters. The molecule has 1 aromatic heterocycles. The van der Waals surface area contributed by atoms with Crippen LogP contribution in [0.2, 0.25) is 0 Å². The zero-order valence-electron chi connectivity index (χ0n) is 13.7. The molecule has 0 saturated carbocycles. The minimum atomic E-state index is -1.14. The van der Waals surface area contributed by atoms with Crippen molar-refractivity contribution in [2.45, 2.75) is 6.10 Å². The van der Waals surface area contributed by atoms with E-state index in [0.717, 1.165) is 0 Å². The second-order valence-corrected chi connectivity index (χ2v) is 5.10. The number of carbonyl (C=O) groups is 1. The van der Waals surface area contributed by atoms with Crippen LogP contribution in [0.3, 0.4) is 0 Å². The Morgan fingerprint density at radius 1 is 1.28 bits per heavy atom. The number of aromatic nitrogens is 1. The summed E-state index contributed by atoms with van der Waals surface area (Å²) in [4.78, 5) is 15.9. The number of anilines is 1. The predicted octanol–water partition coefficient (Wildman–Crippen LogP) is 2.10. The molecular weight excluding hydrogens is 329 g/mol. The van der Waals surface area contributed by atoms with Crippen LogP contribution in [0, 0.1) is 5.82 Å². The minimum Gasteiger partial charge on any atom is -0.475 e. The van der Waals surface area contributed by atoms with Crippen molar-refractivity contribution in [1.82, 2.24) is 10.3 Å². The summed E-state index contributed by atoms with van der Waals surface area (Å²) in [6.45, 7) is 0.706. The van der Waals surface area contributed by atoms with E-state index in [2.05, 4.69) is 15.6 Å². The van der Waals surface area contributed by atoms with Gasteiger partial charge in [0.05, 0.1) is 24.6 Å². The number of halogens is 1. The minimum absolute atomic E-state index is 0.127. The standard InChI is InChI=1S/C17H20FN3O4/c1-24-8-9-25-16-7-6-12(10-19-16)21-17(23)20-11-15(22)13-4-2-3-5-14(13)18/h2-7,10,15,22H,8-9,11H2,1H3,(H2,20,21,23). The van der Waals surface area contributed by atoms with Crippen molar-refractivity contribution in [3.8, 4) is 5.88 Å². The third kappa shape index (κ3) is 6.02. The molecule has 1 heterocycles. The molecule has 1 atom stereocenters. The Kier molecular flexibility index (Phi) is 7.12. The Hall–Kier alpha value is -2.71. The Morgan fingerprint density at radius 2 is 2.08 bits per heavy atom. The lowest BCUT2D eigenvalue weighted by molar-refractivity contribution is 0.144. The smallest absolute Gasteiger partial charge is 0.319 e. The first kappa shape index (κ1) is 18.6. The van der Waals surface area contributed by atoms with Crippen molar-refractivity contribution in [3.63, 3.8) is 0 Å². The summed E-state index contributed by atoms with van der Waals surface area (Å²) in [6, 6.07) is 8.56. The lowest BCUT2D eigenvalue weighted by Gasteiger charge is -2.13. The molecule has 0 aliphatic carbocycles. The number of carbonyl (C=O) groups excluding carboxylic acids is 1. The number of aliphatic hydroxyl groups excluding tert-OH is 1. The molecule has 0 aliphatic rings. The fourth-order valence-electron chi connectivity index (χ4n) is 1.99. The molecule has 0 radical (unpaired) electrons. The maximum absolute atomic E-state index is 13.5. The molecule has 2 aromatic rings. The van der Waals surface area contributed by atoms with Crippen molar-refractivity contribution < 1.29 is 23.8 Å². The van der Waals surface area contributed by atoms with E-state index in [-0.39, 0.29) is 12.1 Å². The van der Waals surface area contributed by atoms with Gasteiger partial charge >= 0.3 is 6.03 Å². The molecule has 0 saturated heterocycles. The van der Waals surface area contributed by atoms with Crippen molar-refractivity contribution in [1.29, 1.82) is 0 Å². The first-order valence-electron chi connectivity index (χ1n) is 7.65. The molecule has 134 valence electrons. The zero-order chi connectivity index (χ0) is 18.1. The summed E-state index contributed by atoms with van der Waals surface area (Å²) >= 11 is 0. The second kappa shape index (κ2) is 9.55. The SMILES string of the molecule is COCCOc1ccc(NC(=O)NCC(O)c2ccccc2F)cn1. The van der Waals surface area contributed by atoms with Gasteiger partial charge in [-0.25, -0.2) is 14.2 Å². The van der Waals surface area contributed by atoms with Crippen LogP contribution in [0.1, 0.15) is 11.7 Å². The van der Waals surface area contributed by atoms with Gasteiger partial charge in [-0.2, -0.15) is 0 Å². The van der Waals surface area contributed by atoms with Crippen LogP contribution in [0.5, 0.6) is 5.88 Å². The highest BCUT2D eigenvalue weighted by Gasteiger charge is 2.13. The largest absolute Gasteiger partial charge is 0.475 e. The van der Waals surface area contributed by atoms with Gasteiger partial charge in [-0.05, 0) is 12.1 Å². The van der Waals surface area contributed by atoms with Gasteiger partial charge in [-0.1, -0.05) is 18.2 Å². The number of nitrogens with zero attached hydrogens (tertiary/aromatic N) is 1. The van der Waals surface area contributed by atoms with Crippen molar-refractivity contribution >= 4 is 11.7 Å². The number of nitrogens with one attached hydrogen (secondary N) is 2. The number of rotatable bonds is 8. The summed E-state index contributed by atoms with van der Waals surface area (Å²) in [7, 11) is 1.57. The molecule has 7 nitrogen and oxygen atoms in total. The molecule has 0 aliphatic heterocycles. The van der Waals surface area contributed by atoms with Crippen molar-refractivity contribution in [2.75, 3.05) is 32.2 Å². The molecule has 8 heteroatoms. The van der Waals surface area contributed by atoms with E-state index >= 15 is 0 Å². The number of amides is 2. The summed E-state index contributed by atoms with van der Waals surface area (Å²) in [5.41, 5.74) is 0.582. The number of hydrogen-bond donors (Lipinski definition) is 3. The highest BCUT2D eigenvalue weighted by atomic mass is 19.1. The fraction of sp³-hybridized carbons (Fsp3) is 0.294. The van der Waals surface area contributed by atoms with Crippen LogP contribution in [0.15, 0.2) is 42.6 Å². The van der Waals surface area contributed by atoms with Crippen molar-refractivity contribution in [3.05, 3.63) is 54.0 Å². The molecule has 3 N–H and O–H groups in total. The highest BCUT2D eigenvalue weighted by molar-refractivity contribution is 5.89. The molecule has 25 heavy (non-hydrogen) atoms. The van der Waals surface area contributed by atoms with Gasteiger partial charge in [0.25, 0.3) is 0 Å². The Labute approximate surface area is 144 Å². The Bertz CT molecular complexity index is 682. The van der Waals surface area contributed by atoms with E-state index in [0.29, 0.717) is 24.8 Å². The number of benzene rings is 1. The van der Waals surface area contributed by atoms with Crippen LogP contribution in [0.4, 0.5) is 14.9 Å². The average Bonchev–Trinajstić information content (AvgIpc) is 2.62. The lowest BCUT2D eigenvalue weighted by Crippen LogP contribution is -2.32. The number of methoxy groups -OCH3 is 1. The van der Waals surface area contributed by atoms with Crippen molar-refractivity contribution in [2.24, 2.45) is 0 Å². The monoisotopic (exact) mass is 349 g/mol. The highest BCUT2D eigenvalue weighted by Crippen LogP contribution is 2.16. The van der Waals surface area contributed by atoms with Gasteiger partial charge in [0.1, 0.15) is 12.4 Å². The quantitative estimate of drug-likeness (QED) is 0.635. The molecule has 1 aromatic carbocycles. The van der Waals surface area contributed by atoms with Crippen LogP contribution in [-0.4, -0.2) is 43.0 Å². The normalized spacial score (nSPS) is 11.6. The van der Waals surface area contributed by atoms with E-state index in [4.69, 9.17) is 9.47 Å². The van der Waals surface area contributed by atoms with Gasteiger partial charge in [-0.3, -0.25) is 0 Å². The topological polar surface area (TPSA) is 92.7 Å². The van der Waals surface area contributed by atoms with E-state index in [1.807, 2.05) is 0 Å². The summed E-state index contributed by atoms with van der Waals surface area (Å²) < 4.78 is 23.7. The molecule has 2 amide bonds. The van der Waals surface area contributed by atoms with E-state index in [9.17, 15) is 14.3 Å². The van der Waals surface area contributed by atoms with E-state index in [1.54, 1.807) is 25.3 Å². The maximum Gasteiger partial charge on any atom is 0.319 e. The summed E-state index contributed by atoms with van der Waals surface area (Å²) in [5, 5.41) is 15.0. The third-order valence-corrected chi connectivity index (χ3v) is 3.25. The average molecular weight is 349 g/mol. The van der Waals surface area contributed by atoms with Gasteiger partial charge in [0, 0.05) is 25.3 Å². The van der Waals surface area contributed by atoms with Gasteiger partial charge in [-0.15, -0.1) is 0 Å². The molecule has 0 bridgehead atoms. The second-order valence-electron chi connectivity index (χ2n) is 5.10. The number of aliphatic hydroxyl groups is 1. The van der Waals surface area contributed by atoms with Crippen LogP contribution in [-0.2, 0) is 4.74 Å².